The third-order valence-corrected chi connectivity index (χ3v) is 6.72. The minimum absolute atomic E-state index is 0.109. The first-order chi connectivity index (χ1) is 13.7. The summed E-state index contributed by atoms with van der Waals surface area (Å²) < 4.78 is 6.29. The van der Waals surface area contributed by atoms with Crippen LogP contribution in [-0.2, 0) is 5.41 Å². The van der Waals surface area contributed by atoms with Gasteiger partial charge in [0.2, 0.25) is 0 Å². The van der Waals surface area contributed by atoms with E-state index in [-0.39, 0.29) is 16.7 Å². The first-order valence-corrected chi connectivity index (χ1v) is 10.1. The molecule has 0 radical (unpaired) electrons. The highest BCUT2D eigenvalue weighted by Crippen LogP contribution is 2.45. The van der Waals surface area contributed by atoms with E-state index in [1.165, 1.54) is 7.11 Å². The Labute approximate surface area is 172 Å². The molecule has 0 spiro atoms. The fourth-order valence-corrected chi connectivity index (χ4v) is 5.05. The van der Waals surface area contributed by atoms with E-state index in [2.05, 4.69) is 24.9 Å². The van der Waals surface area contributed by atoms with Crippen LogP contribution in [0.15, 0.2) is 34.6 Å². The number of rotatable bonds is 3. The van der Waals surface area contributed by atoms with Gasteiger partial charge in [-0.3, -0.25) is 4.79 Å². The van der Waals surface area contributed by atoms with E-state index in [9.17, 15) is 9.90 Å². The topological polar surface area (TPSA) is 90.4 Å². The Balaban J connectivity index is 1.82. The molecule has 1 aliphatic rings. The minimum Gasteiger partial charge on any atom is -0.504 e. The van der Waals surface area contributed by atoms with Crippen LogP contribution in [0.1, 0.15) is 42.1 Å². The third kappa shape index (κ3) is 3.21. The van der Waals surface area contributed by atoms with Gasteiger partial charge in [-0.25, -0.2) is 9.66 Å². The molecule has 0 bridgehead atoms. The second-order valence-electron chi connectivity index (χ2n) is 7.90. The lowest BCUT2D eigenvalue weighted by molar-refractivity contribution is 0.373. The molecule has 0 unspecified atom stereocenters. The lowest BCUT2D eigenvalue weighted by Crippen LogP contribution is -2.30. The molecule has 1 aromatic carbocycles. The van der Waals surface area contributed by atoms with Crippen LogP contribution < -0.4 is 16.1 Å². The number of hydrogen-bond acceptors (Lipinski definition) is 6. The number of phenolic OH excluding ortho intramolecular Hbond substituents is 1. The number of fused-ring (bicyclic) bond motifs is 3. The van der Waals surface area contributed by atoms with Crippen molar-refractivity contribution < 1.29 is 9.84 Å². The number of hydrogen-bond donors (Lipinski definition) is 2. The molecular formula is C22H23N3O3S. The fourth-order valence-electron chi connectivity index (χ4n) is 3.76. The van der Waals surface area contributed by atoms with Crippen LogP contribution in [0.5, 0.6) is 11.5 Å². The summed E-state index contributed by atoms with van der Waals surface area (Å²) >= 11 is 1.57. The van der Waals surface area contributed by atoms with E-state index in [0.717, 1.165) is 37.5 Å². The zero-order valence-electron chi connectivity index (χ0n) is 16.8. The number of allylic oxidation sites excluding steroid dienone is 2. The number of aryl methyl sites for hydroxylation is 1. The molecule has 0 saturated heterocycles. The summed E-state index contributed by atoms with van der Waals surface area (Å²) in [4.78, 5) is 19.2. The average Bonchev–Trinajstić information content (AvgIpc) is 3.04. The number of aromatic hydroxyl groups is 1. The van der Waals surface area contributed by atoms with Gasteiger partial charge in [0.05, 0.1) is 12.5 Å². The summed E-state index contributed by atoms with van der Waals surface area (Å²) in [6, 6.07) is 5.22. The first-order valence-electron chi connectivity index (χ1n) is 9.28. The van der Waals surface area contributed by atoms with Gasteiger partial charge < -0.3 is 15.7 Å². The molecule has 0 aliphatic heterocycles. The minimum atomic E-state index is -0.217. The van der Waals surface area contributed by atoms with Crippen LogP contribution in [0.25, 0.3) is 22.4 Å². The Morgan fingerprint density at radius 3 is 2.83 bits per heavy atom. The van der Waals surface area contributed by atoms with E-state index in [0.29, 0.717) is 17.0 Å². The molecule has 3 aromatic rings. The predicted octanol–water partition coefficient (Wildman–Crippen LogP) is 3.97. The quantitative estimate of drug-likeness (QED) is 0.639. The molecule has 3 N–H and O–H groups in total. The van der Waals surface area contributed by atoms with Gasteiger partial charge in [0, 0.05) is 15.9 Å². The van der Waals surface area contributed by atoms with Crippen molar-refractivity contribution >= 4 is 33.7 Å². The van der Waals surface area contributed by atoms with E-state index in [1.54, 1.807) is 30.4 Å². The van der Waals surface area contributed by atoms with Crippen LogP contribution in [-0.4, -0.2) is 21.9 Å². The van der Waals surface area contributed by atoms with Crippen molar-refractivity contribution in [3.8, 4) is 11.5 Å². The van der Waals surface area contributed by atoms with Gasteiger partial charge in [-0.2, -0.15) is 0 Å². The number of phenols is 1. The normalized spacial score (nSPS) is 15.5. The summed E-state index contributed by atoms with van der Waals surface area (Å²) in [6.07, 6.45) is 6.93. The second-order valence-corrected chi connectivity index (χ2v) is 8.90. The number of aromatic nitrogens is 2. The molecule has 29 heavy (non-hydrogen) atoms. The van der Waals surface area contributed by atoms with E-state index >= 15 is 0 Å². The van der Waals surface area contributed by atoms with Gasteiger partial charge in [-0.05, 0) is 42.7 Å². The monoisotopic (exact) mass is 409 g/mol. The Hall–Kier alpha value is -3.06. The van der Waals surface area contributed by atoms with Crippen molar-refractivity contribution in [1.82, 2.24) is 9.66 Å². The third-order valence-electron chi connectivity index (χ3n) is 5.26. The van der Waals surface area contributed by atoms with Crippen LogP contribution >= 0.6 is 11.3 Å². The Bertz CT molecular complexity index is 1250. The number of nitrogens with two attached hydrogens (primary N) is 1. The fraction of sp³-hybridized carbons (Fsp3) is 0.273. The molecule has 1 aliphatic carbocycles. The van der Waals surface area contributed by atoms with Gasteiger partial charge in [0.25, 0.3) is 5.56 Å². The maximum atomic E-state index is 12.8. The van der Waals surface area contributed by atoms with Gasteiger partial charge in [0.1, 0.15) is 10.7 Å². The van der Waals surface area contributed by atoms with Crippen molar-refractivity contribution in [3.63, 3.8) is 0 Å². The first kappa shape index (κ1) is 19.3. The molecule has 150 valence electrons. The highest BCUT2D eigenvalue weighted by atomic mass is 32.1. The van der Waals surface area contributed by atoms with Crippen molar-refractivity contribution in [2.75, 3.05) is 13.0 Å². The van der Waals surface area contributed by atoms with Gasteiger partial charge in [-0.15, -0.1) is 11.3 Å². The summed E-state index contributed by atoms with van der Waals surface area (Å²) in [7, 11) is 1.53. The zero-order chi connectivity index (χ0) is 20.9. The SMILES string of the molecule is COc1cc(/C=C/C2=Cc3c(sc4nc(C)n(N)c(=O)c34)C(C)(C)C2)ccc1O. The van der Waals surface area contributed by atoms with E-state index in [4.69, 9.17) is 10.6 Å². The number of nitrogen functional groups attached to an aromatic ring is 1. The van der Waals surface area contributed by atoms with Gasteiger partial charge in [-0.1, -0.05) is 32.1 Å². The van der Waals surface area contributed by atoms with Crippen molar-refractivity contribution in [2.45, 2.75) is 32.6 Å². The molecule has 0 fully saturated rings. The number of ether oxygens (including phenoxy) is 1. The van der Waals surface area contributed by atoms with Crippen LogP contribution in [0.2, 0.25) is 0 Å². The van der Waals surface area contributed by atoms with Crippen molar-refractivity contribution in [2.24, 2.45) is 0 Å². The largest absolute Gasteiger partial charge is 0.504 e. The Morgan fingerprint density at radius 2 is 2.10 bits per heavy atom. The zero-order valence-corrected chi connectivity index (χ0v) is 17.6. The predicted molar refractivity (Wildman–Crippen MR) is 118 cm³/mol. The van der Waals surface area contributed by atoms with E-state index < -0.39 is 0 Å². The summed E-state index contributed by atoms with van der Waals surface area (Å²) in [5, 5.41) is 10.4. The maximum absolute atomic E-state index is 12.8. The smallest absolute Gasteiger partial charge is 0.281 e. The molecule has 6 nitrogen and oxygen atoms in total. The van der Waals surface area contributed by atoms with Crippen LogP contribution in [0.4, 0.5) is 0 Å². The highest BCUT2D eigenvalue weighted by Gasteiger charge is 2.32. The molecule has 2 heterocycles. The van der Waals surface area contributed by atoms with Crippen LogP contribution in [0.3, 0.4) is 0 Å². The van der Waals surface area contributed by atoms with Crippen molar-refractivity contribution in [1.29, 1.82) is 0 Å². The standard InChI is InChI=1S/C22H23N3O3S/c1-12-24-20-18(21(27)25(12)23)15-9-14(11-22(2,3)19(15)29-20)6-5-13-7-8-16(26)17(10-13)28-4/h5-10,26H,11,23H2,1-4H3/b6-5+. The van der Waals surface area contributed by atoms with Crippen molar-refractivity contribution in [3.05, 3.63) is 62.0 Å². The molecule has 7 heteroatoms. The highest BCUT2D eigenvalue weighted by molar-refractivity contribution is 7.19. The molecule has 4 rings (SSSR count). The molecule has 0 atom stereocenters. The second kappa shape index (κ2) is 6.77. The number of benzene rings is 1. The number of thiophene rings is 1. The molecule has 0 saturated carbocycles. The number of methoxy groups -OCH3 is 1. The average molecular weight is 410 g/mol. The lowest BCUT2D eigenvalue weighted by Gasteiger charge is -2.29. The van der Waals surface area contributed by atoms with E-state index in [1.807, 2.05) is 18.2 Å². The Kier molecular flexibility index (Phi) is 4.50. The van der Waals surface area contributed by atoms with Crippen LogP contribution in [0, 0.1) is 6.92 Å². The molecular weight excluding hydrogens is 386 g/mol. The summed E-state index contributed by atoms with van der Waals surface area (Å²) in [6.45, 7) is 6.10. The Morgan fingerprint density at radius 1 is 1.34 bits per heavy atom. The van der Waals surface area contributed by atoms with Gasteiger partial charge in [0.15, 0.2) is 11.5 Å². The molecule has 2 aromatic heterocycles. The lowest BCUT2D eigenvalue weighted by atomic mass is 9.77. The summed E-state index contributed by atoms with van der Waals surface area (Å²) in [5.41, 5.74) is 2.60. The van der Waals surface area contributed by atoms with Gasteiger partial charge >= 0.3 is 0 Å². The maximum Gasteiger partial charge on any atom is 0.281 e. The molecule has 0 amide bonds. The number of nitrogens with zero attached hydrogens (tertiary/aromatic N) is 2. The summed E-state index contributed by atoms with van der Waals surface area (Å²) in [5.74, 6) is 6.94.